The van der Waals surface area contributed by atoms with Gasteiger partial charge in [0.05, 0.1) is 28.6 Å². The molecule has 0 unspecified atom stereocenters. The first kappa shape index (κ1) is 16.9. The van der Waals surface area contributed by atoms with Crippen LogP contribution in [0.5, 0.6) is 0 Å². The lowest BCUT2D eigenvalue weighted by Crippen LogP contribution is -2.37. The van der Waals surface area contributed by atoms with Gasteiger partial charge in [0, 0.05) is 30.2 Å². The van der Waals surface area contributed by atoms with Crippen LogP contribution in [0.2, 0.25) is 0 Å². The third-order valence-corrected chi connectivity index (χ3v) is 7.68. The highest BCUT2D eigenvalue weighted by Gasteiger charge is 2.31. The highest BCUT2D eigenvalue weighted by molar-refractivity contribution is 7.99. The Bertz CT molecular complexity index is 930. The second-order valence-corrected chi connectivity index (χ2v) is 10.1. The first-order chi connectivity index (χ1) is 11.9. The molecule has 0 spiro atoms. The largest absolute Gasteiger partial charge is 0.337 e. The summed E-state index contributed by atoms with van der Waals surface area (Å²) in [6, 6.07) is 5.53. The molecule has 4 rings (SSSR count). The van der Waals surface area contributed by atoms with Crippen molar-refractivity contribution in [1.29, 1.82) is 0 Å². The van der Waals surface area contributed by atoms with Crippen molar-refractivity contribution < 1.29 is 13.2 Å². The number of imidazole rings is 1. The fourth-order valence-electron chi connectivity index (χ4n) is 3.74. The Balaban J connectivity index is 1.67. The molecule has 0 N–H and O–H groups in total. The van der Waals surface area contributed by atoms with E-state index >= 15 is 0 Å². The average Bonchev–Trinajstić information content (AvgIpc) is 3.12. The predicted molar refractivity (Wildman–Crippen MR) is 100 cm³/mol. The minimum Gasteiger partial charge on any atom is -0.337 e. The number of carbonyl (C=O) groups excluding carboxylic acids is 1. The van der Waals surface area contributed by atoms with Crippen LogP contribution in [0.25, 0.3) is 11.0 Å². The molecule has 2 saturated heterocycles. The molecule has 25 heavy (non-hydrogen) atoms. The molecule has 0 bridgehead atoms. The molecule has 3 heterocycles. The first-order valence-corrected chi connectivity index (χ1v) is 11.5. The molecule has 2 fully saturated rings. The molecule has 2 aliphatic rings. The number of aromatic nitrogens is 2. The van der Waals surface area contributed by atoms with E-state index in [2.05, 4.69) is 4.98 Å². The number of aryl methyl sites for hydroxylation is 1. The number of nitrogens with zero attached hydrogens (tertiary/aromatic N) is 3. The zero-order valence-electron chi connectivity index (χ0n) is 14.1. The number of hydrogen-bond donors (Lipinski definition) is 0. The molecule has 1 aromatic carbocycles. The Morgan fingerprint density at radius 3 is 2.72 bits per heavy atom. The number of rotatable bonds is 2. The maximum absolute atomic E-state index is 12.7. The molecule has 1 atom stereocenters. The average molecular weight is 380 g/mol. The summed E-state index contributed by atoms with van der Waals surface area (Å²) in [5.41, 5.74) is 2.33. The minimum atomic E-state index is -2.95. The normalized spacial score (nSPS) is 23.2. The van der Waals surface area contributed by atoms with Gasteiger partial charge in [-0.25, -0.2) is 13.4 Å². The second-order valence-electron chi connectivity index (χ2n) is 6.69. The van der Waals surface area contributed by atoms with Crippen molar-refractivity contribution in [3.63, 3.8) is 0 Å². The van der Waals surface area contributed by atoms with E-state index in [4.69, 9.17) is 0 Å². The molecule has 1 aromatic heterocycles. The monoisotopic (exact) mass is 379 g/mol. The Morgan fingerprint density at radius 2 is 2.04 bits per heavy atom. The molecular formula is C17H21N3O3S2. The van der Waals surface area contributed by atoms with Gasteiger partial charge in [0.1, 0.15) is 5.82 Å². The number of hydrogen-bond acceptors (Lipinski definition) is 5. The van der Waals surface area contributed by atoms with Crippen molar-refractivity contribution in [2.24, 2.45) is 0 Å². The van der Waals surface area contributed by atoms with Crippen molar-refractivity contribution in [1.82, 2.24) is 14.5 Å². The van der Waals surface area contributed by atoms with Crippen LogP contribution in [-0.4, -0.2) is 64.9 Å². The topological polar surface area (TPSA) is 72.3 Å². The third-order valence-electron chi connectivity index (χ3n) is 4.98. The van der Waals surface area contributed by atoms with Crippen LogP contribution in [-0.2, 0) is 9.84 Å². The summed E-state index contributed by atoms with van der Waals surface area (Å²) < 4.78 is 25.7. The lowest BCUT2D eigenvalue weighted by atomic mass is 10.1. The van der Waals surface area contributed by atoms with E-state index in [1.54, 1.807) is 0 Å². The van der Waals surface area contributed by atoms with Gasteiger partial charge in [-0.05, 0) is 31.5 Å². The summed E-state index contributed by atoms with van der Waals surface area (Å²) in [7, 11) is -2.95. The van der Waals surface area contributed by atoms with Crippen molar-refractivity contribution in [3.05, 3.63) is 29.6 Å². The molecule has 0 aliphatic carbocycles. The standard InChI is InChI=1S/C17H21N3O3S2/c1-12-18-15-10-13(17(21)19-5-7-24-8-6-19)2-3-16(15)20(12)14-4-9-25(22,23)11-14/h2-3,10,14H,4-9,11H2,1H3/t14-/m0/s1. The van der Waals surface area contributed by atoms with Gasteiger partial charge >= 0.3 is 0 Å². The van der Waals surface area contributed by atoms with E-state index in [0.717, 1.165) is 41.5 Å². The number of fused-ring (bicyclic) bond motifs is 1. The lowest BCUT2D eigenvalue weighted by Gasteiger charge is -2.26. The number of benzene rings is 1. The fourth-order valence-corrected chi connectivity index (χ4v) is 6.34. The van der Waals surface area contributed by atoms with Crippen LogP contribution < -0.4 is 0 Å². The molecule has 2 aliphatic heterocycles. The first-order valence-electron chi connectivity index (χ1n) is 8.51. The molecule has 0 radical (unpaired) electrons. The van der Waals surface area contributed by atoms with E-state index < -0.39 is 9.84 Å². The van der Waals surface area contributed by atoms with Crippen molar-refractivity contribution in [3.8, 4) is 0 Å². The highest BCUT2D eigenvalue weighted by atomic mass is 32.2. The molecule has 134 valence electrons. The van der Waals surface area contributed by atoms with Gasteiger partial charge in [-0.3, -0.25) is 4.79 Å². The van der Waals surface area contributed by atoms with E-state index in [0.29, 0.717) is 12.0 Å². The van der Waals surface area contributed by atoms with E-state index in [9.17, 15) is 13.2 Å². The fraction of sp³-hybridized carbons (Fsp3) is 0.529. The van der Waals surface area contributed by atoms with Crippen LogP contribution in [0.3, 0.4) is 0 Å². The van der Waals surface area contributed by atoms with E-state index in [-0.39, 0.29) is 23.5 Å². The summed E-state index contributed by atoms with van der Waals surface area (Å²) in [4.78, 5) is 19.2. The molecule has 8 heteroatoms. The summed E-state index contributed by atoms with van der Waals surface area (Å²) in [6.45, 7) is 3.47. The summed E-state index contributed by atoms with van der Waals surface area (Å²) in [6.07, 6.45) is 0.626. The zero-order chi connectivity index (χ0) is 17.6. The van der Waals surface area contributed by atoms with Gasteiger partial charge in [0.15, 0.2) is 9.84 Å². The molecule has 0 saturated carbocycles. The number of sulfone groups is 1. The van der Waals surface area contributed by atoms with Crippen LogP contribution in [0.1, 0.15) is 28.6 Å². The smallest absolute Gasteiger partial charge is 0.253 e. The number of carbonyl (C=O) groups is 1. The van der Waals surface area contributed by atoms with Crippen LogP contribution >= 0.6 is 11.8 Å². The van der Waals surface area contributed by atoms with Crippen LogP contribution in [0.4, 0.5) is 0 Å². The van der Waals surface area contributed by atoms with Gasteiger partial charge in [0.25, 0.3) is 5.91 Å². The lowest BCUT2D eigenvalue weighted by molar-refractivity contribution is 0.0772. The van der Waals surface area contributed by atoms with Gasteiger partial charge in [-0.15, -0.1) is 0 Å². The maximum atomic E-state index is 12.7. The maximum Gasteiger partial charge on any atom is 0.253 e. The summed E-state index contributed by atoms with van der Waals surface area (Å²) in [5.74, 6) is 3.23. The Morgan fingerprint density at radius 1 is 1.28 bits per heavy atom. The Hall–Kier alpha value is -1.54. The Labute approximate surface area is 151 Å². The predicted octanol–water partition coefficient (Wildman–Crippen LogP) is 1.89. The Kier molecular flexibility index (Phi) is 4.27. The SMILES string of the molecule is Cc1nc2cc(C(=O)N3CCSCC3)ccc2n1[C@H]1CCS(=O)(=O)C1. The highest BCUT2D eigenvalue weighted by Crippen LogP contribution is 2.30. The van der Waals surface area contributed by atoms with Crippen molar-refractivity contribution >= 4 is 38.5 Å². The van der Waals surface area contributed by atoms with Crippen molar-refractivity contribution in [2.45, 2.75) is 19.4 Å². The van der Waals surface area contributed by atoms with Crippen LogP contribution in [0, 0.1) is 6.92 Å². The third kappa shape index (κ3) is 3.17. The van der Waals surface area contributed by atoms with E-state index in [1.165, 1.54) is 0 Å². The minimum absolute atomic E-state index is 0.0536. The quantitative estimate of drug-likeness (QED) is 0.797. The molecule has 1 amide bonds. The second kappa shape index (κ2) is 6.32. The number of amides is 1. The van der Waals surface area contributed by atoms with Crippen molar-refractivity contribution in [2.75, 3.05) is 36.1 Å². The van der Waals surface area contributed by atoms with Gasteiger partial charge in [-0.1, -0.05) is 0 Å². The van der Waals surface area contributed by atoms with Gasteiger partial charge in [0.2, 0.25) is 0 Å². The molecule has 6 nitrogen and oxygen atoms in total. The van der Waals surface area contributed by atoms with Crippen LogP contribution in [0.15, 0.2) is 18.2 Å². The zero-order valence-corrected chi connectivity index (χ0v) is 15.8. The molecule has 2 aromatic rings. The summed E-state index contributed by atoms with van der Waals surface area (Å²) >= 11 is 1.87. The van der Waals surface area contributed by atoms with Gasteiger partial charge < -0.3 is 9.47 Å². The number of thioether (sulfide) groups is 1. The van der Waals surface area contributed by atoms with Gasteiger partial charge in [-0.2, -0.15) is 11.8 Å². The summed E-state index contributed by atoms with van der Waals surface area (Å²) in [5, 5.41) is 0. The molecular weight excluding hydrogens is 358 g/mol. The van der Waals surface area contributed by atoms with E-state index in [1.807, 2.05) is 46.4 Å².